The quantitative estimate of drug-likeness (QED) is 0.726. The zero-order chi connectivity index (χ0) is 12.3. The van der Waals surface area contributed by atoms with E-state index in [0.717, 1.165) is 5.69 Å². The predicted octanol–water partition coefficient (Wildman–Crippen LogP) is 3.36. The van der Waals surface area contributed by atoms with E-state index in [1.165, 1.54) is 24.0 Å². The first kappa shape index (κ1) is 10.8. The van der Waals surface area contributed by atoms with Crippen LogP contribution in [0.1, 0.15) is 51.2 Å². The minimum atomic E-state index is 0.173. The van der Waals surface area contributed by atoms with Crippen LogP contribution in [0.15, 0.2) is 18.2 Å². The van der Waals surface area contributed by atoms with E-state index in [4.69, 9.17) is 0 Å². The van der Waals surface area contributed by atoms with Crippen molar-refractivity contribution < 1.29 is 4.79 Å². The number of anilines is 1. The fourth-order valence-electron chi connectivity index (χ4n) is 2.75. The van der Waals surface area contributed by atoms with Crippen LogP contribution in [0.2, 0.25) is 0 Å². The highest BCUT2D eigenvalue weighted by atomic mass is 16.1. The molecule has 3 rings (SSSR count). The van der Waals surface area contributed by atoms with Crippen molar-refractivity contribution in [3.05, 3.63) is 29.3 Å². The van der Waals surface area contributed by atoms with E-state index in [0.29, 0.717) is 6.42 Å². The molecule has 0 aromatic heterocycles. The summed E-state index contributed by atoms with van der Waals surface area (Å²) in [7, 11) is 0. The Morgan fingerprint density at radius 1 is 1.24 bits per heavy atom. The van der Waals surface area contributed by atoms with Crippen molar-refractivity contribution in [3.63, 3.8) is 0 Å². The van der Waals surface area contributed by atoms with Crippen LogP contribution >= 0.6 is 0 Å². The SMILES string of the molecule is CC(C)(C)c1ccc2c(c1)C1(CC1)CC(=O)N2. The molecule has 0 atom stereocenters. The normalized spacial score (nSPS) is 21.0. The van der Waals surface area contributed by atoms with Crippen molar-refractivity contribution in [2.45, 2.75) is 50.9 Å². The van der Waals surface area contributed by atoms with E-state index in [9.17, 15) is 4.79 Å². The van der Waals surface area contributed by atoms with Gasteiger partial charge in [0, 0.05) is 17.5 Å². The molecule has 1 N–H and O–H groups in total. The third-order valence-electron chi connectivity index (χ3n) is 4.08. The Hall–Kier alpha value is -1.31. The van der Waals surface area contributed by atoms with Crippen molar-refractivity contribution in [1.29, 1.82) is 0 Å². The molecule has 2 nitrogen and oxygen atoms in total. The molecule has 1 aliphatic heterocycles. The Labute approximate surface area is 102 Å². The molecule has 0 bridgehead atoms. The van der Waals surface area contributed by atoms with Gasteiger partial charge in [-0.25, -0.2) is 0 Å². The highest BCUT2D eigenvalue weighted by molar-refractivity contribution is 5.96. The van der Waals surface area contributed by atoms with Crippen molar-refractivity contribution in [2.75, 3.05) is 5.32 Å². The van der Waals surface area contributed by atoms with Gasteiger partial charge in [0.1, 0.15) is 0 Å². The molecule has 2 aliphatic rings. The van der Waals surface area contributed by atoms with Gasteiger partial charge >= 0.3 is 0 Å². The molecule has 0 radical (unpaired) electrons. The van der Waals surface area contributed by atoms with Gasteiger partial charge in [0.25, 0.3) is 0 Å². The van der Waals surface area contributed by atoms with Crippen LogP contribution < -0.4 is 5.32 Å². The Balaban J connectivity index is 2.11. The number of rotatable bonds is 0. The standard InChI is InChI=1S/C15H19NO/c1-14(2,3)10-4-5-12-11(8-10)15(6-7-15)9-13(17)16-12/h4-5,8H,6-7,9H2,1-3H3,(H,16,17). The minimum absolute atomic E-state index is 0.173. The van der Waals surface area contributed by atoms with Gasteiger partial charge in [-0.3, -0.25) is 4.79 Å². The van der Waals surface area contributed by atoms with E-state index < -0.39 is 0 Å². The summed E-state index contributed by atoms with van der Waals surface area (Å²) < 4.78 is 0. The van der Waals surface area contributed by atoms with Crippen LogP contribution in [-0.2, 0) is 15.6 Å². The number of benzene rings is 1. The number of hydrogen-bond acceptors (Lipinski definition) is 1. The van der Waals surface area contributed by atoms with E-state index in [2.05, 4.69) is 44.3 Å². The van der Waals surface area contributed by atoms with E-state index >= 15 is 0 Å². The molecule has 1 spiro atoms. The Morgan fingerprint density at radius 3 is 2.53 bits per heavy atom. The number of amides is 1. The first-order valence-corrected chi connectivity index (χ1v) is 6.36. The number of fused-ring (bicyclic) bond motifs is 2. The van der Waals surface area contributed by atoms with Gasteiger partial charge in [0.05, 0.1) is 0 Å². The molecule has 1 aromatic carbocycles. The van der Waals surface area contributed by atoms with Gasteiger partial charge in [-0.15, -0.1) is 0 Å². The molecule has 17 heavy (non-hydrogen) atoms. The molecule has 1 heterocycles. The van der Waals surface area contributed by atoms with Crippen LogP contribution in [0.3, 0.4) is 0 Å². The smallest absolute Gasteiger partial charge is 0.225 e. The average molecular weight is 229 g/mol. The third-order valence-corrected chi connectivity index (χ3v) is 4.08. The lowest BCUT2D eigenvalue weighted by Gasteiger charge is -2.28. The number of hydrogen-bond donors (Lipinski definition) is 1. The molecule has 1 aliphatic carbocycles. The summed E-state index contributed by atoms with van der Waals surface area (Å²) in [5.74, 6) is 0.179. The lowest BCUT2D eigenvalue weighted by atomic mass is 9.81. The minimum Gasteiger partial charge on any atom is -0.326 e. The zero-order valence-electron chi connectivity index (χ0n) is 10.8. The van der Waals surface area contributed by atoms with Crippen LogP contribution in [0, 0.1) is 0 Å². The largest absolute Gasteiger partial charge is 0.326 e. The lowest BCUT2D eigenvalue weighted by Crippen LogP contribution is -2.28. The molecular weight excluding hydrogens is 210 g/mol. The summed E-state index contributed by atoms with van der Waals surface area (Å²) in [5.41, 5.74) is 4.11. The maximum atomic E-state index is 11.7. The summed E-state index contributed by atoms with van der Waals surface area (Å²) in [6, 6.07) is 6.52. The Kier molecular flexibility index (Phi) is 1.99. The molecule has 1 fully saturated rings. The van der Waals surface area contributed by atoms with Crippen molar-refractivity contribution in [3.8, 4) is 0 Å². The predicted molar refractivity (Wildman–Crippen MR) is 69.3 cm³/mol. The zero-order valence-corrected chi connectivity index (χ0v) is 10.8. The Bertz CT molecular complexity index is 492. The first-order chi connectivity index (χ1) is 7.91. The number of carbonyl (C=O) groups is 1. The van der Waals surface area contributed by atoms with Gasteiger partial charge in [0.2, 0.25) is 5.91 Å². The maximum absolute atomic E-state index is 11.7. The number of carbonyl (C=O) groups excluding carboxylic acids is 1. The highest BCUT2D eigenvalue weighted by Crippen LogP contribution is 2.55. The van der Waals surface area contributed by atoms with Gasteiger partial charge in [-0.05, 0) is 35.4 Å². The van der Waals surface area contributed by atoms with Gasteiger partial charge in [-0.1, -0.05) is 32.9 Å². The molecule has 1 amide bonds. The van der Waals surface area contributed by atoms with Crippen LogP contribution in [0.5, 0.6) is 0 Å². The fraction of sp³-hybridized carbons (Fsp3) is 0.533. The summed E-state index contributed by atoms with van der Waals surface area (Å²) in [6.45, 7) is 6.70. The monoisotopic (exact) mass is 229 g/mol. The second-order valence-corrected chi connectivity index (χ2v) is 6.52. The third kappa shape index (κ3) is 1.67. The molecule has 2 heteroatoms. The van der Waals surface area contributed by atoms with Crippen molar-refractivity contribution in [2.24, 2.45) is 0 Å². The maximum Gasteiger partial charge on any atom is 0.225 e. The highest BCUT2D eigenvalue weighted by Gasteiger charge is 2.49. The van der Waals surface area contributed by atoms with E-state index in [1.54, 1.807) is 0 Å². The average Bonchev–Trinajstić information content (AvgIpc) is 2.96. The second-order valence-electron chi connectivity index (χ2n) is 6.52. The van der Waals surface area contributed by atoms with Gasteiger partial charge in [-0.2, -0.15) is 0 Å². The molecule has 1 aromatic rings. The first-order valence-electron chi connectivity index (χ1n) is 6.36. The summed E-state index contributed by atoms with van der Waals surface area (Å²) >= 11 is 0. The molecule has 0 saturated heterocycles. The molecule has 90 valence electrons. The summed E-state index contributed by atoms with van der Waals surface area (Å²) in [5, 5.41) is 3.00. The second kappa shape index (κ2) is 3.12. The summed E-state index contributed by atoms with van der Waals surface area (Å²) in [6.07, 6.45) is 3.01. The molecular formula is C15H19NO. The molecule has 1 saturated carbocycles. The van der Waals surface area contributed by atoms with Crippen LogP contribution in [-0.4, -0.2) is 5.91 Å². The van der Waals surface area contributed by atoms with Crippen LogP contribution in [0.25, 0.3) is 0 Å². The van der Waals surface area contributed by atoms with E-state index in [-0.39, 0.29) is 16.7 Å². The van der Waals surface area contributed by atoms with E-state index in [1.807, 2.05) is 0 Å². The lowest BCUT2D eigenvalue weighted by molar-refractivity contribution is -0.117. The van der Waals surface area contributed by atoms with Gasteiger partial charge in [0.15, 0.2) is 0 Å². The molecule has 0 unspecified atom stereocenters. The fourth-order valence-corrected chi connectivity index (χ4v) is 2.75. The van der Waals surface area contributed by atoms with Gasteiger partial charge < -0.3 is 5.32 Å². The van der Waals surface area contributed by atoms with Crippen LogP contribution in [0.4, 0.5) is 5.69 Å². The number of nitrogens with one attached hydrogen (secondary N) is 1. The Morgan fingerprint density at radius 2 is 1.94 bits per heavy atom. The van der Waals surface area contributed by atoms with Crippen molar-refractivity contribution in [1.82, 2.24) is 0 Å². The van der Waals surface area contributed by atoms with Crippen molar-refractivity contribution >= 4 is 11.6 Å². The topological polar surface area (TPSA) is 29.1 Å². The summed E-state index contributed by atoms with van der Waals surface area (Å²) in [4.78, 5) is 11.7.